The maximum atomic E-state index is 5.80. The van der Waals surface area contributed by atoms with Crippen LogP contribution in [0.25, 0.3) is 0 Å². The molecule has 0 aliphatic heterocycles. The van der Waals surface area contributed by atoms with Gasteiger partial charge in [0.25, 0.3) is 0 Å². The Morgan fingerprint density at radius 3 is 2.25 bits per heavy atom. The summed E-state index contributed by atoms with van der Waals surface area (Å²) in [6.07, 6.45) is 2.56. The fourth-order valence-corrected chi connectivity index (χ4v) is 0.909. The van der Waals surface area contributed by atoms with Gasteiger partial charge in [-0.25, -0.2) is 0 Å². The number of hydrogen-bond donors (Lipinski definition) is 2. The van der Waals surface area contributed by atoms with Crippen LogP contribution in [0.1, 0.15) is 19.8 Å². The average Bonchev–Trinajstić information content (AvgIpc) is 2.44. The van der Waals surface area contributed by atoms with E-state index in [0.29, 0.717) is 12.5 Å². The summed E-state index contributed by atoms with van der Waals surface area (Å²) in [6, 6.07) is 0. The molecule has 2 heteroatoms. The molecule has 1 rings (SSSR count). The molecular formula is C6H14N2. The highest BCUT2D eigenvalue weighted by Gasteiger charge is 2.36. The number of rotatable bonds is 2. The molecule has 0 aromatic heterocycles. The van der Waals surface area contributed by atoms with E-state index in [1.54, 1.807) is 0 Å². The van der Waals surface area contributed by atoms with Crippen molar-refractivity contribution in [3.8, 4) is 0 Å². The van der Waals surface area contributed by atoms with E-state index in [9.17, 15) is 0 Å². The van der Waals surface area contributed by atoms with Crippen molar-refractivity contribution < 1.29 is 0 Å². The van der Waals surface area contributed by atoms with Crippen molar-refractivity contribution in [2.45, 2.75) is 25.3 Å². The summed E-state index contributed by atoms with van der Waals surface area (Å²) in [5.74, 6) is 0.715. The Kier molecular flexibility index (Phi) is 1.29. The normalized spacial score (nSPS) is 27.4. The smallest absolute Gasteiger partial charge is 0.0278 e. The Morgan fingerprint density at radius 1 is 1.62 bits per heavy atom. The summed E-state index contributed by atoms with van der Waals surface area (Å²) in [4.78, 5) is 0. The highest BCUT2D eigenvalue weighted by Crippen LogP contribution is 2.37. The molecule has 8 heavy (non-hydrogen) atoms. The molecule has 0 heterocycles. The van der Waals surface area contributed by atoms with Crippen LogP contribution < -0.4 is 11.5 Å². The van der Waals surface area contributed by atoms with Gasteiger partial charge in [-0.1, -0.05) is 0 Å². The molecule has 48 valence electrons. The van der Waals surface area contributed by atoms with Gasteiger partial charge in [0.15, 0.2) is 0 Å². The summed E-state index contributed by atoms with van der Waals surface area (Å²) in [5, 5.41) is 0. The predicted molar refractivity (Wildman–Crippen MR) is 34.4 cm³/mol. The zero-order valence-electron chi connectivity index (χ0n) is 5.35. The Bertz CT molecular complexity index is 84.5. The summed E-state index contributed by atoms with van der Waals surface area (Å²) < 4.78 is 0. The average molecular weight is 114 g/mol. The van der Waals surface area contributed by atoms with Gasteiger partial charge < -0.3 is 11.5 Å². The lowest BCUT2D eigenvalue weighted by atomic mass is 9.98. The molecule has 2 nitrogen and oxygen atoms in total. The van der Waals surface area contributed by atoms with Gasteiger partial charge >= 0.3 is 0 Å². The monoisotopic (exact) mass is 114 g/mol. The fourth-order valence-electron chi connectivity index (χ4n) is 0.909. The van der Waals surface area contributed by atoms with Crippen LogP contribution in [-0.2, 0) is 0 Å². The lowest BCUT2D eigenvalue weighted by Crippen LogP contribution is -2.45. The minimum Gasteiger partial charge on any atom is -0.329 e. The second-order valence-electron chi connectivity index (χ2n) is 2.98. The molecule has 0 unspecified atom stereocenters. The molecule has 0 radical (unpaired) electrons. The highest BCUT2D eigenvalue weighted by molar-refractivity contribution is 4.95. The van der Waals surface area contributed by atoms with Gasteiger partial charge in [0, 0.05) is 12.1 Å². The van der Waals surface area contributed by atoms with E-state index >= 15 is 0 Å². The lowest BCUT2D eigenvalue weighted by Gasteiger charge is -2.20. The van der Waals surface area contributed by atoms with Crippen molar-refractivity contribution >= 4 is 0 Å². The van der Waals surface area contributed by atoms with Gasteiger partial charge in [-0.3, -0.25) is 0 Å². The molecule has 1 atom stereocenters. The van der Waals surface area contributed by atoms with E-state index in [-0.39, 0.29) is 5.54 Å². The Morgan fingerprint density at radius 2 is 2.12 bits per heavy atom. The molecular weight excluding hydrogens is 100 g/mol. The highest BCUT2D eigenvalue weighted by atomic mass is 14.8. The largest absolute Gasteiger partial charge is 0.329 e. The first-order valence-electron chi connectivity index (χ1n) is 3.16. The van der Waals surface area contributed by atoms with E-state index in [2.05, 4.69) is 0 Å². The van der Waals surface area contributed by atoms with E-state index in [0.717, 1.165) is 0 Å². The van der Waals surface area contributed by atoms with E-state index in [4.69, 9.17) is 11.5 Å². The van der Waals surface area contributed by atoms with Crippen LogP contribution in [0.2, 0.25) is 0 Å². The van der Waals surface area contributed by atoms with Gasteiger partial charge in [0.05, 0.1) is 0 Å². The van der Waals surface area contributed by atoms with Crippen molar-refractivity contribution in [1.82, 2.24) is 0 Å². The summed E-state index contributed by atoms with van der Waals surface area (Å²) >= 11 is 0. The first kappa shape index (κ1) is 6.05. The molecule has 0 saturated heterocycles. The van der Waals surface area contributed by atoms with E-state index in [1.807, 2.05) is 6.92 Å². The number of nitrogens with two attached hydrogens (primary N) is 2. The van der Waals surface area contributed by atoms with Gasteiger partial charge in [-0.15, -0.1) is 0 Å². The molecule has 1 aliphatic carbocycles. The standard InChI is InChI=1S/C6H14N2/c1-6(8,4-7)5-2-3-5/h5H,2-4,7-8H2,1H3/t6-/m1/s1. The van der Waals surface area contributed by atoms with Crippen LogP contribution in [0.3, 0.4) is 0 Å². The molecule has 1 aliphatic rings. The summed E-state index contributed by atoms with van der Waals surface area (Å²) in [5.41, 5.74) is 11.1. The minimum atomic E-state index is -0.0694. The van der Waals surface area contributed by atoms with Crippen LogP contribution in [0.4, 0.5) is 0 Å². The minimum absolute atomic E-state index is 0.0694. The second kappa shape index (κ2) is 1.71. The molecule has 4 N–H and O–H groups in total. The summed E-state index contributed by atoms with van der Waals surface area (Å²) in [6.45, 7) is 2.66. The molecule has 0 aromatic rings. The lowest BCUT2D eigenvalue weighted by molar-refractivity contribution is 0.420. The SMILES string of the molecule is C[C@@](N)(CN)C1CC1. The van der Waals surface area contributed by atoms with E-state index in [1.165, 1.54) is 12.8 Å². The van der Waals surface area contributed by atoms with Crippen LogP contribution in [0.5, 0.6) is 0 Å². The van der Waals surface area contributed by atoms with E-state index < -0.39 is 0 Å². The van der Waals surface area contributed by atoms with Crippen molar-refractivity contribution in [3.63, 3.8) is 0 Å². The van der Waals surface area contributed by atoms with Crippen LogP contribution >= 0.6 is 0 Å². The van der Waals surface area contributed by atoms with Gasteiger partial charge in [0.2, 0.25) is 0 Å². The first-order chi connectivity index (χ1) is 3.67. The fraction of sp³-hybridized carbons (Fsp3) is 1.00. The molecule has 0 amide bonds. The van der Waals surface area contributed by atoms with Crippen LogP contribution in [0, 0.1) is 5.92 Å². The topological polar surface area (TPSA) is 52.0 Å². The zero-order valence-corrected chi connectivity index (χ0v) is 5.35. The zero-order chi connectivity index (χ0) is 6.20. The van der Waals surface area contributed by atoms with Gasteiger partial charge in [0.1, 0.15) is 0 Å². The Hall–Kier alpha value is -0.0800. The summed E-state index contributed by atoms with van der Waals surface area (Å²) in [7, 11) is 0. The maximum absolute atomic E-state index is 5.80. The molecule has 0 aromatic carbocycles. The third-order valence-corrected chi connectivity index (χ3v) is 1.95. The Balaban J connectivity index is 2.37. The van der Waals surface area contributed by atoms with Crippen LogP contribution in [-0.4, -0.2) is 12.1 Å². The van der Waals surface area contributed by atoms with Crippen LogP contribution in [0.15, 0.2) is 0 Å². The second-order valence-corrected chi connectivity index (χ2v) is 2.98. The maximum Gasteiger partial charge on any atom is 0.0278 e. The van der Waals surface area contributed by atoms with Gasteiger partial charge in [-0.05, 0) is 25.7 Å². The first-order valence-corrected chi connectivity index (χ1v) is 3.16. The molecule has 1 fully saturated rings. The van der Waals surface area contributed by atoms with Crippen molar-refractivity contribution in [2.24, 2.45) is 17.4 Å². The van der Waals surface area contributed by atoms with Crippen molar-refractivity contribution in [1.29, 1.82) is 0 Å². The third-order valence-electron chi connectivity index (χ3n) is 1.95. The van der Waals surface area contributed by atoms with Crippen molar-refractivity contribution in [3.05, 3.63) is 0 Å². The third kappa shape index (κ3) is 1.01. The van der Waals surface area contributed by atoms with Gasteiger partial charge in [-0.2, -0.15) is 0 Å². The number of hydrogen-bond acceptors (Lipinski definition) is 2. The van der Waals surface area contributed by atoms with Crippen molar-refractivity contribution in [2.75, 3.05) is 6.54 Å². The molecule has 0 bridgehead atoms. The molecule has 1 saturated carbocycles. The predicted octanol–water partition coefficient (Wildman–Crippen LogP) is 0.0725. The quantitative estimate of drug-likeness (QED) is 0.534. The Labute approximate surface area is 50.2 Å². The molecule has 0 spiro atoms.